The summed E-state index contributed by atoms with van der Waals surface area (Å²) in [6, 6.07) is 13.8. The molecule has 2 atom stereocenters. The molecule has 3 aromatic rings. The SMILES string of the molecule is CC1(C)CCN2C(=O)c3c(O)c(=O)ccn3N([C@@H]3c4ccccc4SCc4cccc(F)c43)[C@@H]2C1. The molecule has 8 heteroatoms. The molecule has 1 amide bonds. The van der Waals surface area contributed by atoms with Crippen LogP contribution in [-0.2, 0) is 5.75 Å². The summed E-state index contributed by atoms with van der Waals surface area (Å²) in [5.74, 6) is -0.636. The lowest BCUT2D eigenvalue weighted by molar-refractivity contribution is 0.0243. The van der Waals surface area contributed by atoms with E-state index in [9.17, 15) is 14.7 Å². The van der Waals surface area contributed by atoms with Gasteiger partial charge in [-0.25, -0.2) is 4.39 Å². The lowest BCUT2D eigenvalue weighted by Gasteiger charge is -2.54. The fourth-order valence-electron chi connectivity index (χ4n) is 5.67. The van der Waals surface area contributed by atoms with Gasteiger partial charge in [0, 0.05) is 35.0 Å². The zero-order valence-corrected chi connectivity index (χ0v) is 20.4. The number of rotatable bonds is 1. The maximum absolute atomic E-state index is 15.7. The van der Waals surface area contributed by atoms with Crippen LogP contribution in [0.25, 0.3) is 0 Å². The Labute approximate surface area is 207 Å². The molecular weight excluding hydrogens is 465 g/mol. The van der Waals surface area contributed by atoms with Crippen molar-refractivity contribution in [2.75, 3.05) is 11.6 Å². The zero-order chi connectivity index (χ0) is 24.5. The number of carbonyl (C=O) groups excluding carboxylic acids is 1. The Morgan fingerprint density at radius 2 is 1.89 bits per heavy atom. The van der Waals surface area contributed by atoms with Gasteiger partial charge in [0.05, 0.1) is 0 Å². The topological polar surface area (TPSA) is 65.8 Å². The average molecular weight is 492 g/mol. The number of hydrogen-bond acceptors (Lipinski definition) is 5. The number of hydrogen-bond donors (Lipinski definition) is 1. The van der Waals surface area contributed by atoms with E-state index in [1.807, 2.05) is 35.3 Å². The van der Waals surface area contributed by atoms with Gasteiger partial charge in [0.2, 0.25) is 5.43 Å². The second kappa shape index (κ2) is 7.88. The highest BCUT2D eigenvalue weighted by Crippen LogP contribution is 2.47. The van der Waals surface area contributed by atoms with Crippen molar-refractivity contribution < 1.29 is 14.3 Å². The van der Waals surface area contributed by atoms with Crippen molar-refractivity contribution in [3.63, 3.8) is 0 Å². The number of nitrogens with zero attached hydrogens (tertiary/aromatic N) is 3. The fraction of sp³-hybridized carbons (Fsp3) is 0.333. The highest BCUT2D eigenvalue weighted by molar-refractivity contribution is 7.98. The van der Waals surface area contributed by atoms with E-state index in [-0.39, 0.29) is 29.0 Å². The molecule has 3 aliphatic rings. The van der Waals surface area contributed by atoms with E-state index in [0.29, 0.717) is 24.3 Å². The van der Waals surface area contributed by atoms with E-state index in [1.54, 1.807) is 27.4 Å². The Balaban J connectivity index is 1.68. The second-order valence-corrected chi connectivity index (χ2v) is 11.3. The highest BCUT2D eigenvalue weighted by atomic mass is 32.2. The number of aromatic hydroxyl groups is 1. The number of thioether (sulfide) groups is 1. The molecule has 0 saturated carbocycles. The lowest BCUT2D eigenvalue weighted by Crippen LogP contribution is -2.65. The molecule has 3 aliphatic heterocycles. The highest BCUT2D eigenvalue weighted by Gasteiger charge is 2.48. The quantitative estimate of drug-likeness (QED) is 0.538. The molecule has 1 N–H and O–H groups in total. The Kier molecular flexibility index (Phi) is 5.00. The van der Waals surface area contributed by atoms with Gasteiger partial charge in [-0.15, -0.1) is 11.8 Å². The van der Waals surface area contributed by atoms with Gasteiger partial charge in [0.15, 0.2) is 11.4 Å². The number of fused-ring (bicyclic) bond motifs is 4. The largest absolute Gasteiger partial charge is 0.502 e. The lowest BCUT2D eigenvalue weighted by atomic mass is 9.79. The number of pyridine rings is 1. The van der Waals surface area contributed by atoms with Crippen molar-refractivity contribution in [2.45, 2.75) is 49.5 Å². The van der Waals surface area contributed by atoms with Gasteiger partial charge in [0.1, 0.15) is 18.0 Å². The molecule has 6 rings (SSSR count). The molecule has 0 aliphatic carbocycles. The van der Waals surface area contributed by atoms with E-state index in [4.69, 9.17) is 0 Å². The number of piperidine rings is 1. The molecule has 1 fully saturated rings. The number of halogens is 1. The number of benzene rings is 2. The van der Waals surface area contributed by atoms with Crippen LogP contribution >= 0.6 is 11.8 Å². The van der Waals surface area contributed by atoms with Crippen LogP contribution in [0.5, 0.6) is 5.75 Å². The summed E-state index contributed by atoms with van der Waals surface area (Å²) in [5, 5.41) is 12.7. The van der Waals surface area contributed by atoms with Crippen LogP contribution in [0, 0.1) is 11.2 Å². The Morgan fingerprint density at radius 3 is 2.71 bits per heavy atom. The second-order valence-electron chi connectivity index (χ2n) is 10.2. The van der Waals surface area contributed by atoms with Crippen molar-refractivity contribution >= 4 is 17.7 Å². The smallest absolute Gasteiger partial charge is 0.278 e. The maximum Gasteiger partial charge on any atom is 0.278 e. The van der Waals surface area contributed by atoms with Crippen LogP contribution in [0.4, 0.5) is 4.39 Å². The summed E-state index contributed by atoms with van der Waals surface area (Å²) >= 11 is 1.66. The first-order valence-corrected chi connectivity index (χ1v) is 12.8. The van der Waals surface area contributed by atoms with Gasteiger partial charge in [-0.05, 0) is 41.5 Å². The monoisotopic (exact) mass is 491 g/mol. The normalized spacial score (nSPS) is 22.5. The van der Waals surface area contributed by atoms with E-state index in [2.05, 4.69) is 13.8 Å². The molecule has 180 valence electrons. The predicted octanol–water partition coefficient (Wildman–Crippen LogP) is 4.63. The number of amides is 1. The number of aromatic nitrogens is 1. The van der Waals surface area contributed by atoms with Gasteiger partial charge in [-0.3, -0.25) is 19.3 Å². The average Bonchev–Trinajstić information content (AvgIpc) is 2.99. The Morgan fingerprint density at radius 1 is 1.09 bits per heavy atom. The van der Waals surface area contributed by atoms with Crippen LogP contribution in [-0.4, -0.2) is 33.3 Å². The van der Waals surface area contributed by atoms with Gasteiger partial charge in [-0.1, -0.05) is 44.2 Å². The summed E-state index contributed by atoms with van der Waals surface area (Å²) in [7, 11) is 0. The van der Waals surface area contributed by atoms with Crippen molar-refractivity contribution in [2.24, 2.45) is 5.41 Å². The van der Waals surface area contributed by atoms with Crippen molar-refractivity contribution in [3.8, 4) is 5.75 Å². The summed E-state index contributed by atoms with van der Waals surface area (Å²) < 4.78 is 17.3. The summed E-state index contributed by atoms with van der Waals surface area (Å²) in [6.45, 7) is 4.84. The molecule has 0 bridgehead atoms. The van der Waals surface area contributed by atoms with Gasteiger partial charge < -0.3 is 10.0 Å². The van der Waals surface area contributed by atoms with Crippen molar-refractivity contribution in [3.05, 3.63) is 93.2 Å². The van der Waals surface area contributed by atoms with Crippen LogP contribution in [0.2, 0.25) is 0 Å². The Hall–Kier alpha value is -3.26. The molecule has 0 radical (unpaired) electrons. The summed E-state index contributed by atoms with van der Waals surface area (Å²) in [4.78, 5) is 28.7. The molecule has 2 aromatic carbocycles. The molecule has 4 heterocycles. The third-order valence-electron chi connectivity index (χ3n) is 7.47. The van der Waals surface area contributed by atoms with Gasteiger partial charge in [0.25, 0.3) is 5.91 Å². The molecule has 1 saturated heterocycles. The summed E-state index contributed by atoms with van der Waals surface area (Å²) in [5.41, 5.74) is 1.66. The third kappa shape index (κ3) is 3.37. The third-order valence-corrected chi connectivity index (χ3v) is 8.61. The van der Waals surface area contributed by atoms with Crippen molar-refractivity contribution in [1.82, 2.24) is 9.58 Å². The van der Waals surface area contributed by atoms with Crippen LogP contribution in [0.3, 0.4) is 0 Å². The predicted molar refractivity (Wildman–Crippen MR) is 133 cm³/mol. The first-order valence-electron chi connectivity index (χ1n) is 11.8. The van der Waals surface area contributed by atoms with E-state index in [1.165, 1.54) is 18.3 Å². The van der Waals surface area contributed by atoms with Gasteiger partial charge >= 0.3 is 0 Å². The minimum absolute atomic E-state index is 0.0463. The van der Waals surface area contributed by atoms with E-state index >= 15 is 4.39 Å². The maximum atomic E-state index is 15.7. The first kappa shape index (κ1) is 22.2. The van der Waals surface area contributed by atoms with Crippen molar-refractivity contribution in [1.29, 1.82) is 0 Å². The molecule has 0 spiro atoms. The molecule has 6 nitrogen and oxygen atoms in total. The standard InChI is InChI=1S/C27H26FN3O3S/c1-27(2)11-13-29-21(14-27)31(30-12-10-19(32)25(33)24(30)26(29)34)23-17-7-3-4-9-20(17)35-15-16-6-5-8-18(28)22(16)23/h3-10,12,21,23,33H,11,13-15H2,1-2H3/t21-,23-/m1/s1. The van der Waals surface area contributed by atoms with E-state index in [0.717, 1.165) is 22.4 Å². The Bertz CT molecular complexity index is 1420. The molecule has 1 aromatic heterocycles. The van der Waals surface area contributed by atoms with Gasteiger partial charge in [-0.2, -0.15) is 0 Å². The number of carbonyl (C=O) groups is 1. The molecule has 0 unspecified atom stereocenters. The zero-order valence-electron chi connectivity index (χ0n) is 19.6. The minimum atomic E-state index is -0.608. The minimum Gasteiger partial charge on any atom is -0.502 e. The fourth-order valence-corrected chi connectivity index (χ4v) is 6.76. The van der Waals surface area contributed by atoms with Crippen LogP contribution in [0.1, 0.15) is 59.9 Å². The van der Waals surface area contributed by atoms with Crippen LogP contribution < -0.4 is 10.4 Å². The molecular formula is C27H26FN3O3S. The van der Waals surface area contributed by atoms with E-state index < -0.39 is 17.2 Å². The summed E-state index contributed by atoms with van der Waals surface area (Å²) in [6.07, 6.45) is 2.62. The first-order chi connectivity index (χ1) is 16.8. The molecule has 35 heavy (non-hydrogen) atoms. The van der Waals surface area contributed by atoms with Crippen LogP contribution in [0.15, 0.2) is 64.4 Å².